The lowest BCUT2D eigenvalue weighted by Gasteiger charge is -2.06. The molecule has 0 radical (unpaired) electrons. The van der Waals surface area contributed by atoms with Gasteiger partial charge in [0.15, 0.2) is 0 Å². The van der Waals surface area contributed by atoms with Gasteiger partial charge in [-0.3, -0.25) is 4.79 Å². The Morgan fingerprint density at radius 1 is 1.22 bits per heavy atom. The normalized spacial score (nSPS) is 10.7. The average molecular weight is 294 g/mol. The molecule has 0 heterocycles. The van der Waals surface area contributed by atoms with E-state index in [0.29, 0.717) is 13.1 Å². The Balaban J connectivity index is 0.00000289. The highest BCUT2D eigenvalue weighted by Crippen LogP contribution is 2.09. The van der Waals surface area contributed by atoms with Gasteiger partial charge in [-0.05, 0) is 31.3 Å². The molecule has 6 nitrogen and oxygen atoms in total. The van der Waals surface area contributed by atoms with Crippen molar-refractivity contribution in [3.63, 3.8) is 0 Å². The minimum atomic E-state index is -3.52. The van der Waals surface area contributed by atoms with Gasteiger partial charge in [-0.15, -0.1) is 12.4 Å². The fraction of sp³-hybridized carbons (Fsp3) is 0.300. The predicted octanol–water partition coefficient (Wildman–Crippen LogP) is -0.295. The van der Waals surface area contributed by atoms with E-state index in [1.807, 2.05) is 0 Å². The van der Waals surface area contributed by atoms with Gasteiger partial charge in [0.25, 0.3) is 0 Å². The van der Waals surface area contributed by atoms with Gasteiger partial charge < -0.3 is 11.1 Å². The Bertz CT molecular complexity index is 488. The number of nitrogens with one attached hydrogen (secondary N) is 2. The molecule has 0 aliphatic carbocycles. The lowest BCUT2D eigenvalue weighted by molar-refractivity contribution is 0.1000. The van der Waals surface area contributed by atoms with E-state index in [0.717, 1.165) is 0 Å². The molecule has 4 N–H and O–H groups in total. The number of amides is 1. The summed E-state index contributed by atoms with van der Waals surface area (Å²) in [7, 11) is -1.79. The molecular formula is C10H16ClN3O3S. The van der Waals surface area contributed by atoms with Crippen LogP contribution in [0.5, 0.6) is 0 Å². The highest BCUT2D eigenvalue weighted by atomic mass is 35.5. The first-order valence-electron chi connectivity index (χ1n) is 5.01. The van der Waals surface area contributed by atoms with Crippen LogP contribution in [0.2, 0.25) is 0 Å². The first-order chi connectivity index (χ1) is 7.97. The molecule has 0 spiro atoms. The van der Waals surface area contributed by atoms with Gasteiger partial charge in [0, 0.05) is 18.7 Å². The number of carbonyl (C=O) groups excluding carboxylic acids is 1. The Labute approximate surface area is 112 Å². The smallest absolute Gasteiger partial charge is 0.248 e. The predicted molar refractivity (Wildman–Crippen MR) is 71.3 cm³/mol. The molecule has 0 aromatic heterocycles. The quantitative estimate of drug-likeness (QED) is 0.627. The number of benzene rings is 1. The number of rotatable bonds is 6. The maximum absolute atomic E-state index is 11.7. The van der Waals surface area contributed by atoms with E-state index in [2.05, 4.69) is 10.0 Å². The second-order valence-corrected chi connectivity index (χ2v) is 5.16. The van der Waals surface area contributed by atoms with Crippen molar-refractivity contribution in [3.05, 3.63) is 29.8 Å². The van der Waals surface area contributed by atoms with Gasteiger partial charge in [-0.2, -0.15) is 0 Å². The number of nitrogens with two attached hydrogens (primary N) is 1. The average Bonchev–Trinajstić information content (AvgIpc) is 2.29. The molecule has 0 saturated carbocycles. The van der Waals surface area contributed by atoms with E-state index in [4.69, 9.17) is 5.73 Å². The Morgan fingerprint density at radius 2 is 1.78 bits per heavy atom. The van der Waals surface area contributed by atoms with E-state index in [9.17, 15) is 13.2 Å². The zero-order valence-corrected chi connectivity index (χ0v) is 11.5. The molecule has 0 fully saturated rings. The SMILES string of the molecule is CNCCNS(=O)(=O)c1ccc(C(N)=O)cc1.Cl. The molecule has 1 rings (SSSR count). The van der Waals surface area contributed by atoms with Gasteiger partial charge in [0.1, 0.15) is 0 Å². The molecule has 1 aromatic rings. The molecule has 0 aliphatic rings. The summed E-state index contributed by atoms with van der Waals surface area (Å²) in [6.07, 6.45) is 0. The van der Waals surface area contributed by atoms with Crippen LogP contribution in [0.3, 0.4) is 0 Å². The largest absolute Gasteiger partial charge is 0.366 e. The molecular weight excluding hydrogens is 278 g/mol. The summed E-state index contributed by atoms with van der Waals surface area (Å²) in [5.41, 5.74) is 5.34. The summed E-state index contributed by atoms with van der Waals surface area (Å²) in [4.78, 5) is 10.9. The Kier molecular flexibility index (Phi) is 6.85. The molecule has 0 bridgehead atoms. The number of primary amides is 1. The van der Waals surface area contributed by atoms with Gasteiger partial charge in [0.05, 0.1) is 4.90 Å². The Morgan fingerprint density at radius 3 is 2.22 bits per heavy atom. The topological polar surface area (TPSA) is 101 Å². The van der Waals surface area contributed by atoms with Crippen molar-refractivity contribution in [1.29, 1.82) is 0 Å². The summed E-state index contributed by atoms with van der Waals surface area (Å²) < 4.78 is 25.9. The highest BCUT2D eigenvalue weighted by molar-refractivity contribution is 7.89. The number of carbonyl (C=O) groups is 1. The summed E-state index contributed by atoms with van der Waals surface area (Å²) in [5.74, 6) is -0.586. The van der Waals surface area contributed by atoms with Crippen LogP contribution >= 0.6 is 12.4 Å². The van der Waals surface area contributed by atoms with Crippen molar-refractivity contribution in [2.24, 2.45) is 5.73 Å². The fourth-order valence-corrected chi connectivity index (χ4v) is 2.22. The summed E-state index contributed by atoms with van der Waals surface area (Å²) >= 11 is 0. The zero-order valence-electron chi connectivity index (χ0n) is 9.84. The van der Waals surface area contributed by atoms with Crippen LogP contribution < -0.4 is 15.8 Å². The van der Waals surface area contributed by atoms with Crippen molar-refractivity contribution in [1.82, 2.24) is 10.0 Å². The first kappa shape index (κ1) is 16.9. The molecule has 18 heavy (non-hydrogen) atoms. The zero-order chi connectivity index (χ0) is 12.9. The maximum atomic E-state index is 11.7. The lowest BCUT2D eigenvalue weighted by atomic mass is 10.2. The molecule has 1 amide bonds. The molecule has 8 heteroatoms. The number of hydrogen-bond donors (Lipinski definition) is 3. The van der Waals surface area contributed by atoms with Crippen molar-refractivity contribution in [2.75, 3.05) is 20.1 Å². The van der Waals surface area contributed by atoms with E-state index in [1.54, 1.807) is 7.05 Å². The van der Waals surface area contributed by atoms with Gasteiger partial charge in [-0.25, -0.2) is 13.1 Å². The van der Waals surface area contributed by atoms with Crippen LogP contribution in [0.25, 0.3) is 0 Å². The molecule has 1 aromatic carbocycles. The number of sulfonamides is 1. The van der Waals surface area contributed by atoms with Gasteiger partial charge in [0.2, 0.25) is 15.9 Å². The fourth-order valence-electron chi connectivity index (χ4n) is 1.19. The number of halogens is 1. The standard InChI is InChI=1S/C10H15N3O3S.ClH/c1-12-6-7-13-17(15,16)9-4-2-8(3-5-9)10(11)14;/h2-5,12-13H,6-7H2,1H3,(H2,11,14);1H. The summed E-state index contributed by atoms with van der Waals surface area (Å²) in [5, 5.41) is 2.83. The summed E-state index contributed by atoms with van der Waals surface area (Å²) in [6.45, 7) is 0.842. The van der Waals surface area contributed by atoms with Crippen LogP contribution in [0.1, 0.15) is 10.4 Å². The van der Waals surface area contributed by atoms with Gasteiger partial charge in [-0.1, -0.05) is 0 Å². The highest BCUT2D eigenvalue weighted by Gasteiger charge is 2.13. The van der Waals surface area contributed by atoms with E-state index in [1.165, 1.54) is 24.3 Å². The lowest BCUT2D eigenvalue weighted by Crippen LogP contribution is -2.30. The minimum Gasteiger partial charge on any atom is -0.366 e. The number of likely N-dealkylation sites (N-methyl/N-ethyl adjacent to an activating group) is 1. The van der Waals surface area contributed by atoms with E-state index in [-0.39, 0.29) is 22.9 Å². The monoisotopic (exact) mass is 293 g/mol. The van der Waals surface area contributed by atoms with Crippen LogP contribution in [0.4, 0.5) is 0 Å². The maximum Gasteiger partial charge on any atom is 0.248 e. The third-order valence-electron chi connectivity index (χ3n) is 2.12. The second kappa shape index (κ2) is 7.32. The van der Waals surface area contributed by atoms with Crippen LogP contribution in [-0.4, -0.2) is 34.5 Å². The molecule has 0 saturated heterocycles. The molecule has 102 valence electrons. The molecule has 0 atom stereocenters. The van der Waals surface area contributed by atoms with Crippen LogP contribution in [0, 0.1) is 0 Å². The summed E-state index contributed by atoms with van der Waals surface area (Å²) in [6, 6.07) is 5.47. The van der Waals surface area contributed by atoms with E-state index >= 15 is 0 Å². The van der Waals surface area contributed by atoms with Gasteiger partial charge >= 0.3 is 0 Å². The third kappa shape index (κ3) is 4.61. The van der Waals surface area contributed by atoms with Crippen molar-refractivity contribution in [2.45, 2.75) is 4.90 Å². The van der Waals surface area contributed by atoms with Crippen LogP contribution in [0.15, 0.2) is 29.2 Å². The Hall–Kier alpha value is -1.15. The van der Waals surface area contributed by atoms with Crippen LogP contribution in [-0.2, 0) is 10.0 Å². The second-order valence-electron chi connectivity index (χ2n) is 3.39. The van der Waals surface area contributed by atoms with Crippen molar-refractivity contribution >= 4 is 28.3 Å². The molecule has 0 unspecified atom stereocenters. The first-order valence-corrected chi connectivity index (χ1v) is 6.50. The van der Waals surface area contributed by atoms with Crippen molar-refractivity contribution < 1.29 is 13.2 Å². The van der Waals surface area contributed by atoms with E-state index < -0.39 is 15.9 Å². The minimum absolute atomic E-state index is 0. The number of hydrogen-bond acceptors (Lipinski definition) is 4. The third-order valence-corrected chi connectivity index (χ3v) is 3.59. The molecule has 0 aliphatic heterocycles. The van der Waals surface area contributed by atoms with Crippen molar-refractivity contribution in [3.8, 4) is 0 Å².